The average Bonchev–Trinajstić information content (AvgIpc) is 2.04. The average molecular weight is 202 g/mol. The standard InChI is InChI=1S/C7H11N2O3P/c10-13(11,12)6-9-5-7-1-3-8-4-2-7/h1-4,9H,5-6H2,(H2,10,11,12). The minimum absolute atomic E-state index is 0.296. The molecular weight excluding hydrogens is 191 g/mol. The zero-order valence-electron chi connectivity index (χ0n) is 6.92. The lowest BCUT2D eigenvalue weighted by molar-refractivity contribution is 0.368. The first-order valence-corrected chi connectivity index (χ1v) is 5.52. The fourth-order valence-corrected chi connectivity index (χ4v) is 1.25. The van der Waals surface area contributed by atoms with Gasteiger partial charge < -0.3 is 15.1 Å². The third-order valence-electron chi connectivity index (χ3n) is 1.40. The molecule has 13 heavy (non-hydrogen) atoms. The summed E-state index contributed by atoms with van der Waals surface area (Å²) in [5.74, 6) is 0. The largest absolute Gasteiger partial charge is 0.339 e. The molecule has 0 spiro atoms. The van der Waals surface area contributed by atoms with Crippen molar-refractivity contribution in [3.05, 3.63) is 30.1 Å². The molecule has 0 aromatic carbocycles. The first-order valence-electron chi connectivity index (χ1n) is 3.72. The molecule has 0 saturated heterocycles. The molecule has 1 rings (SSSR count). The molecule has 0 bridgehead atoms. The third-order valence-corrected chi connectivity index (χ3v) is 2.03. The van der Waals surface area contributed by atoms with Crippen LogP contribution in [0.1, 0.15) is 5.56 Å². The molecule has 0 radical (unpaired) electrons. The van der Waals surface area contributed by atoms with Crippen LogP contribution in [0.5, 0.6) is 0 Å². The lowest BCUT2D eigenvalue weighted by Crippen LogP contribution is -2.14. The molecule has 1 aromatic heterocycles. The Balaban J connectivity index is 2.33. The van der Waals surface area contributed by atoms with Crippen LogP contribution in [0.25, 0.3) is 0 Å². The molecular formula is C7H11N2O3P. The Bertz CT molecular complexity index is 298. The van der Waals surface area contributed by atoms with Gasteiger partial charge >= 0.3 is 7.60 Å². The Morgan fingerprint density at radius 2 is 2.00 bits per heavy atom. The van der Waals surface area contributed by atoms with Crippen molar-refractivity contribution in [1.29, 1.82) is 0 Å². The van der Waals surface area contributed by atoms with E-state index in [-0.39, 0.29) is 6.29 Å². The molecule has 5 nitrogen and oxygen atoms in total. The minimum atomic E-state index is -3.93. The van der Waals surface area contributed by atoms with Crippen molar-refractivity contribution in [1.82, 2.24) is 10.3 Å². The maximum Gasteiger partial charge on any atom is 0.339 e. The van der Waals surface area contributed by atoms with Crippen LogP contribution in [-0.4, -0.2) is 21.1 Å². The van der Waals surface area contributed by atoms with E-state index < -0.39 is 7.60 Å². The van der Waals surface area contributed by atoms with Crippen molar-refractivity contribution in [3.8, 4) is 0 Å². The molecule has 0 unspecified atom stereocenters. The highest BCUT2D eigenvalue weighted by Gasteiger charge is 2.10. The second kappa shape index (κ2) is 4.48. The van der Waals surface area contributed by atoms with Crippen molar-refractivity contribution in [3.63, 3.8) is 0 Å². The van der Waals surface area contributed by atoms with Gasteiger partial charge in [0.15, 0.2) is 0 Å². The first-order chi connectivity index (χ1) is 6.08. The topological polar surface area (TPSA) is 82.5 Å². The normalized spacial score (nSPS) is 11.5. The summed E-state index contributed by atoms with van der Waals surface area (Å²) < 4.78 is 10.4. The Morgan fingerprint density at radius 1 is 1.38 bits per heavy atom. The molecule has 6 heteroatoms. The van der Waals surface area contributed by atoms with Crippen molar-refractivity contribution in [2.45, 2.75) is 6.54 Å². The maximum atomic E-state index is 10.4. The summed E-state index contributed by atoms with van der Waals surface area (Å²) in [7, 11) is -3.93. The van der Waals surface area contributed by atoms with Crippen LogP contribution in [0.3, 0.4) is 0 Å². The Kier molecular flexibility index (Phi) is 3.57. The molecule has 72 valence electrons. The van der Waals surface area contributed by atoms with E-state index >= 15 is 0 Å². The lowest BCUT2D eigenvalue weighted by Gasteiger charge is -2.05. The highest BCUT2D eigenvalue weighted by atomic mass is 31.2. The molecule has 0 aliphatic carbocycles. The zero-order valence-corrected chi connectivity index (χ0v) is 7.82. The second-order valence-corrected chi connectivity index (χ2v) is 4.25. The van der Waals surface area contributed by atoms with Crippen molar-refractivity contribution < 1.29 is 14.4 Å². The van der Waals surface area contributed by atoms with Crippen molar-refractivity contribution in [2.24, 2.45) is 0 Å². The van der Waals surface area contributed by atoms with E-state index in [1.54, 1.807) is 24.5 Å². The van der Waals surface area contributed by atoms with Gasteiger partial charge in [-0.15, -0.1) is 0 Å². The van der Waals surface area contributed by atoms with Gasteiger partial charge in [-0.1, -0.05) is 0 Å². The van der Waals surface area contributed by atoms with Gasteiger partial charge in [0.2, 0.25) is 0 Å². The smallest absolute Gasteiger partial charge is 0.324 e. The van der Waals surface area contributed by atoms with Gasteiger partial charge in [-0.05, 0) is 17.7 Å². The van der Waals surface area contributed by atoms with Gasteiger partial charge in [-0.25, -0.2) is 0 Å². The maximum absolute atomic E-state index is 10.4. The van der Waals surface area contributed by atoms with Crippen LogP contribution >= 0.6 is 7.60 Å². The van der Waals surface area contributed by atoms with Crippen LogP contribution in [0, 0.1) is 0 Å². The summed E-state index contributed by atoms with van der Waals surface area (Å²) in [5.41, 5.74) is 0.948. The van der Waals surface area contributed by atoms with Gasteiger partial charge in [0.05, 0.1) is 6.29 Å². The summed E-state index contributed by atoms with van der Waals surface area (Å²) in [6.45, 7) is 0.438. The number of pyridine rings is 1. The summed E-state index contributed by atoms with van der Waals surface area (Å²) in [6.07, 6.45) is 2.97. The van der Waals surface area contributed by atoms with E-state index in [1.165, 1.54) is 0 Å². The third kappa shape index (κ3) is 4.75. The number of nitrogens with zero attached hydrogens (tertiary/aromatic N) is 1. The van der Waals surface area contributed by atoms with E-state index in [1.807, 2.05) is 0 Å². The van der Waals surface area contributed by atoms with Crippen LogP contribution in [0.2, 0.25) is 0 Å². The highest BCUT2D eigenvalue weighted by Crippen LogP contribution is 2.31. The summed E-state index contributed by atoms with van der Waals surface area (Å²) in [4.78, 5) is 20.9. The van der Waals surface area contributed by atoms with Gasteiger partial charge in [0.25, 0.3) is 0 Å². The Hall–Kier alpha value is -0.740. The van der Waals surface area contributed by atoms with Gasteiger partial charge in [-0.2, -0.15) is 0 Å². The van der Waals surface area contributed by atoms with Crippen molar-refractivity contribution in [2.75, 3.05) is 6.29 Å². The predicted octanol–water partition coefficient (Wildman–Crippen LogP) is 0.306. The first kappa shape index (κ1) is 10.3. The van der Waals surface area contributed by atoms with Gasteiger partial charge in [0.1, 0.15) is 0 Å². The predicted molar refractivity (Wildman–Crippen MR) is 48.0 cm³/mol. The molecule has 0 amide bonds. The summed E-state index contributed by atoms with van der Waals surface area (Å²) >= 11 is 0. The SMILES string of the molecule is O=P(O)(O)CNCc1ccncc1. The van der Waals surface area contributed by atoms with Crippen LogP contribution in [0.15, 0.2) is 24.5 Å². The van der Waals surface area contributed by atoms with Gasteiger partial charge in [0, 0.05) is 18.9 Å². The molecule has 3 N–H and O–H groups in total. The summed E-state index contributed by atoms with van der Waals surface area (Å²) in [5, 5.41) is 2.65. The van der Waals surface area contributed by atoms with E-state index in [2.05, 4.69) is 10.3 Å². The quantitative estimate of drug-likeness (QED) is 0.612. The van der Waals surface area contributed by atoms with Gasteiger partial charge in [-0.3, -0.25) is 9.55 Å². The second-order valence-electron chi connectivity index (χ2n) is 2.61. The van der Waals surface area contributed by atoms with E-state index in [0.717, 1.165) is 5.56 Å². The monoisotopic (exact) mass is 202 g/mol. The number of rotatable bonds is 4. The van der Waals surface area contributed by atoms with Crippen molar-refractivity contribution >= 4 is 7.60 Å². The number of hydrogen-bond acceptors (Lipinski definition) is 3. The van der Waals surface area contributed by atoms with Crippen LogP contribution in [-0.2, 0) is 11.1 Å². The van der Waals surface area contributed by atoms with Crippen LogP contribution < -0.4 is 5.32 Å². The number of aromatic nitrogens is 1. The lowest BCUT2D eigenvalue weighted by atomic mass is 10.3. The van der Waals surface area contributed by atoms with Crippen LogP contribution in [0.4, 0.5) is 0 Å². The summed E-state index contributed by atoms with van der Waals surface area (Å²) in [6, 6.07) is 3.57. The Morgan fingerprint density at radius 3 is 2.54 bits per heavy atom. The van der Waals surface area contributed by atoms with E-state index in [9.17, 15) is 4.57 Å². The number of nitrogens with one attached hydrogen (secondary N) is 1. The molecule has 0 fully saturated rings. The highest BCUT2D eigenvalue weighted by molar-refractivity contribution is 7.51. The molecule has 0 aliphatic heterocycles. The molecule has 1 aromatic rings. The minimum Gasteiger partial charge on any atom is -0.324 e. The molecule has 0 aliphatic rings. The van der Waals surface area contributed by atoms with E-state index in [4.69, 9.17) is 9.79 Å². The Labute approximate surface area is 76.0 Å². The molecule has 0 atom stereocenters. The number of hydrogen-bond donors (Lipinski definition) is 3. The van der Waals surface area contributed by atoms with E-state index in [0.29, 0.717) is 6.54 Å². The molecule has 0 saturated carbocycles. The zero-order chi connectivity index (χ0) is 9.73. The molecule has 1 heterocycles. The fourth-order valence-electron chi connectivity index (χ4n) is 0.847. The fraction of sp³-hybridized carbons (Fsp3) is 0.286.